The minimum Gasteiger partial charge on any atom is -0.360 e. The van der Waals surface area contributed by atoms with E-state index in [4.69, 9.17) is 9.78 Å². The van der Waals surface area contributed by atoms with E-state index in [1.165, 1.54) is 30.5 Å². The fraction of sp³-hybridized carbons (Fsp3) is 0.0714. The molecule has 116 valence electrons. The van der Waals surface area contributed by atoms with E-state index in [0.29, 0.717) is 17.3 Å². The van der Waals surface area contributed by atoms with Gasteiger partial charge in [0.05, 0.1) is 4.92 Å². The summed E-state index contributed by atoms with van der Waals surface area (Å²) in [7, 11) is 0. The molecule has 0 aliphatic heterocycles. The third-order valence-corrected chi connectivity index (χ3v) is 2.69. The first-order valence-electron chi connectivity index (χ1n) is 6.35. The first-order chi connectivity index (χ1) is 11.0. The number of nitro benzene ring substituents is 1. The van der Waals surface area contributed by atoms with Crippen LogP contribution in [-0.4, -0.2) is 16.0 Å². The molecule has 0 saturated heterocycles. The van der Waals surface area contributed by atoms with Crippen LogP contribution >= 0.6 is 0 Å². The van der Waals surface area contributed by atoms with Gasteiger partial charge in [-0.25, -0.2) is 0 Å². The Labute approximate surface area is 130 Å². The van der Waals surface area contributed by atoms with Crippen LogP contribution in [0.1, 0.15) is 5.76 Å². The normalized spacial score (nSPS) is 10.7. The molecule has 2 N–H and O–H groups in total. The van der Waals surface area contributed by atoms with Crippen molar-refractivity contribution in [2.24, 2.45) is 0 Å². The molecular formula is C14H11N5O4. The number of nitriles is 1. The largest absolute Gasteiger partial charge is 0.360 e. The second-order valence-electron chi connectivity index (χ2n) is 4.40. The van der Waals surface area contributed by atoms with Crippen molar-refractivity contribution in [3.8, 4) is 6.07 Å². The SMILES string of the molecule is Cc1cc(N/C=C(/C#N)C(=O)Nc2ccc([N+](=O)[O-])cc2)no1. The Morgan fingerprint density at radius 2 is 2.13 bits per heavy atom. The monoisotopic (exact) mass is 313 g/mol. The zero-order valence-corrected chi connectivity index (χ0v) is 11.9. The van der Waals surface area contributed by atoms with Gasteiger partial charge in [0.1, 0.15) is 17.4 Å². The second kappa shape index (κ2) is 6.86. The van der Waals surface area contributed by atoms with Crippen LogP contribution in [0.2, 0.25) is 0 Å². The van der Waals surface area contributed by atoms with Crippen LogP contribution in [0, 0.1) is 28.4 Å². The van der Waals surface area contributed by atoms with E-state index in [0.717, 1.165) is 0 Å². The van der Waals surface area contributed by atoms with Crippen molar-refractivity contribution in [3.63, 3.8) is 0 Å². The Bertz CT molecular complexity index is 801. The van der Waals surface area contributed by atoms with Gasteiger partial charge < -0.3 is 15.2 Å². The lowest BCUT2D eigenvalue weighted by atomic mass is 10.2. The summed E-state index contributed by atoms with van der Waals surface area (Å²) in [6, 6.07) is 8.60. The molecule has 0 spiro atoms. The summed E-state index contributed by atoms with van der Waals surface area (Å²) >= 11 is 0. The zero-order valence-electron chi connectivity index (χ0n) is 11.9. The fourth-order valence-corrected chi connectivity index (χ4v) is 1.59. The van der Waals surface area contributed by atoms with Crippen LogP contribution in [0.15, 0.2) is 46.6 Å². The van der Waals surface area contributed by atoms with Crippen LogP contribution in [-0.2, 0) is 4.79 Å². The molecule has 0 saturated carbocycles. The van der Waals surface area contributed by atoms with E-state index in [-0.39, 0.29) is 11.3 Å². The molecule has 0 bridgehead atoms. The van der Waals surface area contributed by atoms with Gasteiger partial charge >= 0.3 is 0 Å². The number of nitrogens with zero attached hydrogens (tertiary/aromatic N) is 3. The highest BCUT2D eigenvalue weighted by Gasteiger charge is 2.11. The molecule has 9 heteroatoms. The minimum atomic E-state index is -0.658. The number of carbonyl (C=O) groups is 1. The van der Waals surface area contributed by atoms with Crippen molar-refractivity contribution in [2.75, 3.05) is 10.6 Å². The molecule has 2 aromatic rings. The van der Waals surface area contributed by atoms with Crippen molar-refractivity contribution in [1.82, 2.24) is 5.16 Å². The van der Waals surface area contributed by atoms with Gasteiger partial charge in [0, 0.05) is 30.1 Å². The summed E-state index contributed by atoms with van der Waals surface area (Å²) in [4.78, 5) is 22.0. The summed E-state index contributed by atoms with van der Waals surface area (Å²) < 4.78 is 4.84. The number of aryl methyl sites for hydroxylation is 1. The Balaban J connectivity index is 2.05. The molecule has 0 radical (unpaired) electrons. The average molecular weight is 313 g/mol. The third kappa shape index (κ3) is 4.15. The van der Waals surface area contributed by atoms with Crippen LogP contribution in [0.3, 0.4) is 0 Å². The topological polar surface area (TPSA) is 134 Å². The number of benzene rings is 1. The minimum absolute atomic E-state index is 0.0953. The summed E-state index contributed by atoms with van der Waals surface area (Å²) in [5.74, 6) is 0.280. The highest BCUT2D eigenvalue weighted by Crippen LogP contribution is 2.16. The van der Waals surface area contributed by atoms with Crippen molar-refractivity contribution < 1.29 is 14.2 Å². The summed E-state index contributed by atoms with van der Waals surface area (Å²) in [5, 5.41) is 28.4. The molecule has 2 rings (SSSR count). The van der Waals surface area contributed by atoms with E-state index in [9.17, 15) is 14.9 Å². The van der Waals surface area contributed by atoms with Gasteiger partial charge in [-0.05, 0) is 19.1 Å². The zero-order chi connectivity index (χ0) is 16.8. The van der Waals surface area contributed by atoms with E-state index in [1.807, 2.05) is 0 Å². The Morgan fingerprint density at radius 1 is 1.43 bits per heavy atom. The number of anilines is 2. The standard InChI is InChI=1S/C14H11N5O4/c1-9-6-13(18-23-9)16-8-10(7-15)14(20)17-11-2-4-12(5-3-11)19(21)22/h2-6,8H,1H3,(H,16,18)(H,17,20)/b10-8-. The lowest BCUT2D eigenvalue weighted by molar-refractivity contribution is -0.384. The molecule has 1 heterocycles. The molecule has 9 nitrogen and oxygen atoms in total. The predicted octanol–water partition coefficient (Wildman–Crippen LogP) is 2.35. The lowest BCUT2D eigenvalue weighted by Crippen LogP contribution is -2.14. The Hall–Kier alpha value is -3.67. The predicted molar refractivity (Wildman–Crippen MR) is 80.3 cm³/mol. The number of rotatable bonds is 5. The highest BCUT2D eigenvalue weighted by atomic mass is 16.6. The van der Waals surface area contributed by atoms with Crippen LogP contribution < -0.4 is 10.6 Å². The van der Waals surface area contributed by atoms with Crippen molar-refractivity contribution in [2.45, 2.75) is 6.92 Å². The molecule has 0 unspecified atom stereocenters. The molecular weight excluding hydrogens is 302 g/mol. The van der Waals surface area contributed by atoms with Gasteiger partial charge in [0.15, 0.2) is 5.82 Å². The summed E-state index contributed by atoms with van der Waals surface area (Å²) in [6.45, 7) is 1.70. The number of hydrogen-bond acceptors (Lipinski definition) is 7. The number of carbonyl (C=O) groups excluding carboxylic acids is 1. The molecule has 1 aromatic heterocycles. The van der Waals surface area contributed by atoms with Gasteiger partial charge in [-0.15, -0.1) is 0 Å². The number of nitro groups is 1. The van der Waals surface area contributed by atoms with Gasteiger partial charge in [-0.3, -0.25) is 14.9 Å². The first-order valence-corrected chi connectivity index (χ1v) is 6.35. The average Bonchev–Trinajstić information content (AvgIpc) is 2.94. The fourth-order valence-electron chi connectivity index (χ4n) is 1.59. The van der Waals surface area contributed by atoms with Crippen LogP contribution in [0.5, 0.6) is 0 Å². The summed E-state index contributed by atoms with van der Waals surface area (Å²) in [5.41, 5.74) is 0.0464. The van der Waals surface area contributed by atoms with Gasteiger partial charge in [-0.2, -0.15) is 5.26 Å². The number of nitrogens with one attached hydrogen (secondary N) is 2. The Morgan fingerprint density at radius 3 is 2.65 bits per heavy atom. The van der Waals surface area contributed by atoms with E-state index < -0.39 is 10.8 Å². The number of amides is 1. The molecule has 0 aliphatic rings. The molecule has 0 atom stereocenters. The van der Waals surface area contributed by atoms with Crippen molar-refractivity contribution in [1.29, 1.82) is 5.26 Å². The van der Waals surface area contributed by atoms with Gasteiger partial charge in [0.2, 0.25) is 0 Å². The van der Waals surface area contributed by atoms with E-state index in [2.05, 4.69) is 15.8 Å². The molecule has 0 aliphatic carbocycles. The number of aromatic nitrogens is 1. The molecule has 23 heavy (non-hydrogen) atoms. The lowest BCUT2D eigenvalue weighted by Gasteiger charge is -2.04. The maximum Gasteiger partial charge on any atom is 0.269 e. The smallest absolute Gasteiger partial charge is 0.269 e. The Kier molecular flexibility index (Phi) is 4.69. The van der Waals surface area contributed by atoms with Gasteiger partial charge in [0.25, 0.3) is 11.6 Å². The van der Waals surface area contributed by atoms with Crippen LogP contribution in [0.4, 0.5) is 17.2 Å². The first kappa shape index (κ1) is 15.7. The number of hydrogen-bond donors (Lipinski definition) is 2. The maximum absolute atomic E-state index is 12.0. The van der Waals surface area contributed by atoms with Crippen molar-refractivity contribution in [3.05, 3.63) is 58.0 Å². The quantitative estimate of drug-likeness (QED) is 0.374. The summed E-state index contributed by atoms with van der Waals surface area (Å²) in [6.07, 6.45) is 1.19. The van der Waals surface area contributed by atoms with Crippen LogP contribution in [0.25, 0.3) is 0 Å². The highest BCUT2D eigenvalue weighted by molar-refractivity contribution is 6.06. The van der Waals surface area contributed by atoms with E-state index in [1.54, 1.807) is 19.1 Å². The molecule has 1 amide bonds. The molecule has 1 aromatic carbocycles. The number of non-ortho nitro benzene ring substituents is 1. The van der Waals surface area contributed by atoms with Crippen molar-refractivity contribution >= 4 is 23.1 Å². The molecule has 0 fully saturated rings. The van der Waals surface area contributed by atoms with Gasteiger partial charge in [-0.1, -0.05) is 5.16 Å². The van der Waals surface area contributed by atoms with E-state index >= 15 is 0 Å². The maximum atomic E-state index is 12.0. The third-order valence-electron chi connectivity index (χ3n) is 2.69. The second-order valence-corrected chi connectivity index (χ2v) is 4.40.